The third kappa shape index (κ3) is 3.64. The molecule has 146 valence electrons. The molecular formula is C21H21N7O. The van der Waals surface area contributed by atoms with Crippen molar-refractivity contribution in [3.05, 3.63) is 83.4 Å². The molecule has 29 heavy (non-hydrogen) atoms. The molecule has 0 fully saturated rings. The molecule has 0 N–H and O–H groups in total. The third-order valence-electron chi connectivity index (χ3n) is 4.89. The molecule has 2 aromatic carbocycles. The molecule has 0 saturated heterocycles. The molecule has 0 atom stereocenters. The van der Waals surface area contributed by atoms with E-state index in [1.54, 1.807) is 24.1 Å². The molecule has 1 amide bonds. The van der Waals surface area contributed by atoms with Crippen LogP contribution < -0.4 is 0 Å². The number of benzene rings is 2. The van der Waals surface area contributed by atoms with Gasteiger partial charge in [0.25, 0.3) is 5.91 Å². The summed E-state index contributed by atoms with van der Waals surface area (Å²) in [5.74, 6) is -0.0776. The minimum absolute atomic E-state index is 0.0776. The largest absolute Gasteiger partial charge is 0.337 e. The molecule has 2 aromatic heterocycles. The van der Waals surface area contributed by atoms with E-state index in [4.69, 9.17) is 0 Å². The molecule has 0 radical (unpaired) electrons. The number of rotatable bonds is 5. The number of tetrazole rings is 1. The number of aromatic nitrogens is 6. The Hall–Kier alpha value is -3.81. The Morgan fingerprint density at radius 2 is 1.79 bits per heavy atom. The van der Waals surface area contributed by atoms with Gasteiger partial charge >= 0.3 is 0 Å². The zero-order valence-electron chi connectivity index (χ0n) is 16.5. The van der Waals surface area contributed by atoms with E-state index >= 15 is 0 Å². The first-order valence-electron chi connectivity index (χ1n) is 9.24. The van der Waals surface area contributed by atoms with Gasteiger partial charge in [-0.05, 0) is 54.6 Å². The fraction of sp³-hybridized carbons (Fsp3) is 0.190. The first-order chi connectivity index (χ1) is 14.0. The number of hydrogen-bond acceptors (Lipinski definition) is 5. The van der Waals surface area contributed by atoms with Crippen molar-refractivity contribution in [2.75, 3.05) is 7.05 Å². The van der Waals surface area contributed by atoms with Crippen LogP contribution in [0.3, 0.4) is 0 Å². The molecule has 2 heterocycles. The van der Waals surface area contributed by atoms with Gasteiger partial charge in [0, 0.05) is 30.4 Å². The van der Waals surface area contributed by atoms with Crippen molar-refractivity contribution in [3.63, 3.8) is 0 Å². The second-order valence-electron chi connectivity index (χ2n) is 6.86. The topological polar surface area (TPSA) is 81.7 Å². The van der Waals surface area contributed by atoms with Crippen LogP contribution >= 0.6 is 0 Å². The molecule has 0 saturated carbocycles. The number of aryl methyl sites for hydroxylation is 1. The predicted molar refractivity (Wildman–Crippen MR) is 108 cm³/mol. The molecule has 8 nitrogen and oxygen atoms in total. The quantitative estimate of drug-likeness (QED) is 0.526. The smallest absolute Gasteiger partial charge is 0.253 e. The van der Waals surface area contributed by atoms with Crippen LogP contribution in [0.5, 0.6) is 0 Å². The second kappa shape index (κ2) is 7.67. The SMILES string of the molecule is Cc1nn(-c2ccccc2)c(C)c1CN(C)C(=O)c1cccc(-n2cnnn2)c1. The maximum Gasteiger partial charge on any atom is 0.253 e. The lowest BCUT2D eigenvalue weighted by molar-refractivity contribution is 0.0784. The highest BCUT2D eigenvalue weighted by Crippen LogP contribution is 2.20. The van der Waals surface area contributed by atoms with Crippen LogP contribution in [0.15, 0.2) is 60.9 Å². The summed E-state index contributed by atoms with van der Waals surface area (Å²) in [7, 11) is 1.80. The first kappa shape index (κ1) is 18.5. The molecule has 4 aromatic rings. The average Bonchev–Trinajstić information content (AvgIpc) is 3.38. The van der Waals surface area contributed by atoms with Crippen LogP contribution in [0.2, 0.25) is 0 Å². The number of nitrogens with zero attached hydrogens (tertiary/aromatic N) is 7. The fourth-order valence-electron chi connectivity index (χ4n) is 3.31. The van der Waals surface area contributed by atoms with Gasteiger partial charge < -0.3 is 4.90 Å². The van der Waals surface area contributed by atoms with Crippen LogP contribution in [0.1, 0.15) is 27.3 Å². The van der Waals surface area contributed by atoms with E-state index in [9.17, 15) is 4.79 Å². The van der Waals surface area contributed by atoms with Crippen molar-refractivity contribution in [3.8, 4) is 11.4 Å². The summed E-state index contributed by atoms with van der Waals surface area (Å²) in [6, 6.07) is 17.2. The zero-order chi connectivity index (χ0) is 20.4. The van der Waals surface area contributed by atoms with Gasteiger partial charge in [0.15, 0.2) is 0 Å². The molecule has 0 aliphatic heterocycles. The van der Waals surface area contributed by atoms with E-state index in [1.807, 2.05) is 61.0 Å². The van der Waals surface area contributed by atoms with Crippen LogP contribution in [-0.2, 0) is 6.54 Å². The third-order valence-corrected chi connectivity index (χ3v) is 4.89. The van der Waals surface area contributed by atoms with Gasteiger partial charge in [-0.1, -0.05) is 24.3 Å². The molecule has 0 aliphatic carbocycles. The zero-order valence-corrected chi connectivity index (χ0v) is 16.5. The lowest BCUT2D eigenvalue weighted by Crippen LogP contribution is -2.26. The number of hydrogen-bond donors (Lipinski definition) is 0. The number of carbonyl (C=O) groups excluding carboxylic acids is 1. The Balaban J connectivity index is 1.57. The highest BCUT2D eigenvalue weighted by atomic mass is 16.2. The van der Waals surface area contributed by atoms with Gasteiger partial charge in [-0.3, -0.25) is 4.79 Å². The van der Waals surface area contributed by atoms with Gasteiger partial charge in [0.05, 0.1) is 17.1 Å². The highest BCUT2D eigenvalue weighted by Gasteiger charge is 2.18. The van der Waals surface area contributed by atoms with Crippen molar-refractivity contribution in [2.24, 2.45) is 0 Å². The maximum atomic E-state index is 13.0. The van der Waals surface area contributed by atoms with E-state index in [0.29, 0.717) is 12.1 Å². The predicted octanol–water partition coefficient (Wildman–Crippen LogP) is 2.74. The van der Waals surface area contributed by atoms with Gasteiger partial charge in [0.1, 0.15) is 6.33 Å². The van der Waals surface area contributed by atoms with E-state index in [0.717, 1.165) is 28.3 Å². The first-order valence-corrected chi connectivity index (χ1v) is 9.24. The monoisotopic (exact) mass is 387 g/mol. The summed E-state index contributed by atoms with van der Waals surface area (Å²) in [5.41, 5.74) is 5.29. The molecule has 0 aliphatic rings. The van der Waals surface area contributed by atoms with Gasteiger partial charge in [-0.25, -0.2) is 9.36 Å². The van der Waals surface area contributed by atoms with Crippen molar-refractivity contribution in [1.29, 1.82) is 0 Å². The van der Waals surface area contributed by atoms with Gasteiger partial charge in [-0.2, -0.15) is 5.10 Å². The summed E-state index contributed by atoms with van der Waals surface area (Å²) in [6.45, 7) is 4.47. The molecule has 4 rings (SSSR count). The molecule has 0 unspecified atom stereocenters. The van der Waals surface area contributed by atoms with E-state index in [-0.39, 0.29) is 5.91 Å². The van der Waals surface area contributed by atoms with E-state index in [2.05, 4.69) is 20.6 Å². The lowest BCUT2D eigenvalue weighted by Gasteiger charge is -2.18. The van der Waals surface area contributed by atoms with Gasteiger partial charge in [0.2, 0.25) is 0 Å². The van der Waals surface area contributed by atoms with Crippen LogP contribution in [0, 0.1) is 13.8 Å². The Morgan fingerprint density at radius 3 is 2.52 bits per heavy atom. The highest BCUT2D eigenvalue weighted by molar-refractivity contribution is 5.94. The van der Waals surface area contributed by atoms with Crippen molar-refractivity contribution < 1.29 is 4.79 Å². The Labute approximate surface area is 168 Å². The normalized spacial score (nSPS) is 10.9. The Kier molecular flexibility index (Phi) is 4.90. The van der Waals surface area contributed by atoms with E-state index in [1.165, 1.54) is 11.0 Å². The minimum atomic E-state index is -0.0776. The second-order valence-corrected chi connectivity index (χ2v) is 6.86. The van der Waals surface area contributed by atoms with Crippen LogP contribution in [0.4, 0.5) is 0 Å². The summed E-state index contributed by atoms with van der Waals surface area (Å²) in [4.78, 5) is 14.7. The number of para-hydroxylation sites is 1. The van der Waals surface area contributed by atoms with Crippen molar-refractivity contribution in [1.82, 2.24) is 34.9 Å². The molecule has 0 bridgehead atoms. The number of amides is 1. The summed E-state index contributed by atoms with van der Waals surface area (Å²) >= 11 is 0. The van der Waals surface area contributed by atoms with Crippen molar-refractivity contribution >= 4 is 5.91 Å². The van der Waals surface area contributed by atoms with Crippen LogP contribution in [-0.4, -0.2) is 47.8 Å². The minimum Gasteiger partial charge on any atom is -0.337 e. The summed E-state index contributed by atoms with van der Waals surface area (Å²) < 4.78 is 3.44. The summed E-state index contributed by atoms with van der Waals surface area (Å²) in [5, 5.41) is 15.8. The molecular weight excluding hydrogens is 366 g/mol. The maximum absolute atomic E-state index is 13.0. The Bertz CT molecular complexity index is 1130. The van der Waals surface area contributed by atoms with Gasteiger partial charge in [-0.15, -0.1) is 5.10 Å². The van der Waals surface area contributed by atoms with E-state index < -0.39 is 0 Å². The average molecular weight is 387 g/mol. The standard InChI is InChI=1S/C21H21N7O/c1-15-20(16(2)28(23-15)18-9-5-4-6-10-18)13-26(3)21(29)17-8-7-11-19(12-17)27-14-22-24-25-27/h4-12,14H,13H2,1-3H3. The van der Waals surface area contributed by atoms with Crippen molar-refractivity contribution in [2.45, 2.75) is 20.4 Å². The molecule has 8 heteroatoms. The lowest BCUT2D eigenvalue weighted by atomic mass is 10.1. The molecule has 0 spiro atoms. The number of carbonyl (C=O) groups is 1. The summed E-state index contributed by atoms with van der Waals surface area (Å²) in [6.07, 6.45) is 1.50. The Morgan fingerprint density at radius 1 is 1.03 bits per heavy atom. The fourth-order valence-corrected chi connectivity index (χ4v) is 3.31. The van der Waals surface area contributed by atoms with Crippen LogP contribution in [0.25, 0.3) is 11.4 Å².